The van der Waals surface area contributed by atoms with Crippen molar-refractivity contribution < 1.29 is 5.11 Å². The van der Waals surface area contributed by atoms with Crippen molar-refractivity contribution in [3.63, 3.8) is 0 Å². The minimum absolute atomic E-state index is 0.276. The number of thioether (sulfide) groups is 1. The van der Waals surface area contributed by atoms with Crippen LogP contribution < -0.4 is 5.84 Å². The normalized spacial score (nSPS) is 10.8. The maximum Gasteiger partial charge on any atom is 0.209 e. The Kier molecular flexibility index (Phi) is 5.49. The lowest BCUT2D eigenvalue weighted by Crippen LogP contribution is -2.13. The molecular weight excluding hydrogens is 212 g/mol. The van der Waals surface area contributed by atoms with E-state index >= 15 is 0 Å². The fraction of sp³-hybridized carbons (Fsp3) is 0.778. The van der Waals surface area contributed by atoms with Crippen molar-refractivity contribution in [1.82, 2.24) is 14.9 Å². The van der Waals surface area contributed by atoms with Gasteiger partial charge in [0.15, 0.2) is 5.82 Å². The summed E-state index contributed by atoms with van der Waals surface area (Å²) in [4.78, 5) is 0. The number of nitrogens with two attached hydrogens (primary N) is 1. The van der Waals surface area contributed by atoms with E-state index in [1.807, 2.05) is 6.92 Å². The van der Waals surface area contributed by atoms with Crippen molar-refractivity contribution in [2.75, 3.05) is 18.2 Å². The van der Waals surface area contributed by atoms with E-state index in [1.54, 1.807) is 16.4 Å². The number of nitrogens with zero attached hydrogens (tertiary/aromatic N) is 3. The van der Waals surface area contributed by atoms with E-state index in [1.165, 1.54) is 0 Å². The highest BCUT2D eigenvalue weighted by Gasteiger charge is 2.07. The molecule has 0 saturated heterocycles. The fourth-order valence-electron chi connectivity index (χ4n) is 1.20. The molecule has 1 rings (SSSR count). The Bertz CT molecular complexity index is 290. The Morgan fingerprint density at radius 1 is 1.33 bits per heavy atom. The predicted octanol–water partition coefficient (Wildman–Crippen LogP) is 0.809. The molecule has 0 spiro atoms. The Labute approximate surface area is 94.0 Å². The highest BCUT2D eigenvalue weighted by atomic mass is 32.2. The van der Waals surface area contributed by atoms with Crippen molar-refractivity contribution in [1.29, 1.82) is 0 Å². The maximum atomic E-state index is 8.61. The number of unbranched alkanes of at least 4 members (excludes halogenated alkanes) is 2. The minimum atomic E-state index is 0.276. The second kappa shape index (κ2) is 6.68. The van der Waals surface area contributed by atoms with Gasteiger partial charge in [-0.1, -0.05) is 25.1 Å². The molecule has 0 atom stereocenters. The lowest BCUT2D eigenvalue weighted by Gasteiger charge is -2.01. The molecule has 0 fully saturated rings. The molecule has 0 aromatic carbocycles. The summed E-state index contributed by atoms with van der Waals surface area (Å²) in [6, 6.07) is 0. The molecular formula is C9H18N4OS. The first-order valence-corrected chi connectivity index (χ1v) is 6.21. The van der Waals surface area contributed by atoms with Crippen LogP contribution in [0, 0.1) is 0 Å². The number of nitrogen functional groups attached to an aromatic ring is 1. The van der Waals surface area contributed by atoms with Crippen LogP contribution >= 0.6 is 11.8 Å². The van der Waals surface area contributed by atoms with Gasteiger partial charge in [-0.05, 0) is 12.8 Å². The van der Waals surface area contributed by atoms with E-state index in [9.17, 15) is 0 Å². The summed E-state index contributed by atoms with van der Waals surface area (Å²) >= 11 is 1.62. The largest absolute Gasteiger partial charge is 0.396 e. The molecule has 0 radical (unpaired) electrons. The van der Waals surface area contributed by atoms with Crippen molar-refractivity contribution in [3.8, 4) is 0 Å². The van der Waals surface area contributed by atoms with Crippen molar-refractivity contribution in [3.05, 3.63) is 5.82 Å². The molecule has 0 saturated carbocycles. The van der Waals surface area contributed by atoms with Crippen LogP contribution in [0.5, 0.6) is 0 Å². The lowest BCUT2D eigenvalue weighted by molar-refractivity contribution is 0.284. The molecule has 0 amide bonds. The lowest BCUT2D eigenvalue weighted by atomic mass is 10.3. The second-order valence-electron chi connectivity index (χ2n) is 3.26. The van der Waals surface area contributed by atoms with Crippen molar-refractivity contribution >= 4 is 11.8 Å². The Morgan fingerprint density at radius 3 is 2.73 bits per heavy atom. The van der Waals surface area contributed by atoms with Crippen LogP contribution in [0.2, 0.25) is 0 Å². The van der Waals surface area contributed by atoms with E-state index in [4.69, 9.17) is 10.9 Å². The molecule has 86 valence electrons. The summed E-state index contributed by atoms with van der Waals surface area (Å²) < 4.78 is 1.55. The van der Waals surface area contributed by atoms with Crippen molar-refractivity contribution in [2.24, 2.45) is 0 Å². The van der Waals surface area contributed by atoms with Crippen LogP contribution in [0.3, 0.4) is 0 Å². The Hall–Kier alpha value is -0.750. The summed E-state index contributed by atoms with van der Waals surface area (Å²) in [5.41, 5.74) is 0. The first-order chi connectivity index (χ1) is 7.29. The van der Waals surface area contributed by atoms with Crippen LogP contribution in [-0.4, -0.2) is 32.3 Å². The average Bonchev–Trinajstić information content (AvgIpc) is 2.60. The third-order valence-electron chi connectivity index (χ3n) is 2.08. The van der Waals surface area contributed by atoms with Crippen molar-refractivity contribution in [2.45, 2.75) is 37.8 Å². The number of hydrogen-bond donors (Lipinski definition) is 2. The van der Waals surface area contributed by atoms with Gasteiger partial charge in [-0.2, -0.15) is 0 Å². The molecule has 0 aliphatic rings. The van der Waals surface area contributed by atoms with Gasteiger partial charge in [-0.3, -0.25) is 0 Å². The van der Waals surface area contributed by atoms with Crippen LogP contribution in [0.25, 0.3) is 0 Å². The summed E-state index contributed by atoms with van der Waals surface area (Å²) in [5, 5.41) is 17.4. The van der Waals surface area contributed by atoms with E-state index < -0.39 is 0 Å². The van der Waals surface area contributed by atoms with Crippen LogP contribution in [-0.2, 0) is 6.42 Å². The zero-order chi connectivity index (χ0) is 11.1. The monoisotopic (exact) mass is 230 g/mol. The highest BCUT2D eigenvalue weighted by molar-refractivity contribution is 7.99. The number of aryl methyl sites for hydroxylation is 1. The maximum absolute atomic E-state index is 8.61. The van der Waals surface area contributed by atoms with Gasteiger partial charge in [0, 0.05) is 18.8 Å². The quantitative estimate of drug-likeness (QED) is 0.412. The molecule has 0 aliphatic carbocycles. The number of aliphatic hydroxyl groups excluding tert-OH is 1. The predicted molar refractivity (Wildman–Crippen MR) is 61.2 cm³/mol. The minimum Gasteiger partial charge on any atom is -0.396 e. The fourth-order valence-corrected chi connectivity index (χ4v) is 2.07. The molecule has 1 aromatic heterocycles. The Balaban J connectivity index is 2.28. The van der Waals surface area contributed by atoms with Crippen LogP contribution in [0.1, 0.15) is 32.0 Å². The Morgan fingerprint density at radius 2 is 2.13 bits per heavy atom. The summed E-state index contributed by atoms with van der Waals surface area (Å²) in [5.74, 6) is 7.57. The highest BCUT2D eigenvalue weighted by Crippen LogP contribution is 2.16. The first-order valence-electron chi connectivity index (χ1n) is 5.22. The van der Waals surface area contributed by atoms with Gasteiger partial charge in [0.2, 0.25) is 5.16 Å². The number of aromatic nitrogens is 3. The first kappa shape index (κ1) is 12.3. The molecule has 3 N–H and O–H groups in total. The zero-order valence-electron chi connectivity index (χ0n) is 9.02. The summed E-state index contributed by atoms with van der Waals surface area (Å²) in [6.07, 6.45) is 3.78. The summed E-state index contributed by atoms with van der Waals surface area (Å²) in [7, 11) is 0. The van der Waals surface area contributed by atoms with Crippen LogP contribution in [0.15, 0.2) is 5.16 Å². The second-order valence-corrected chi connectivity index (χ2v) is 4.32. The topological polar surface area (TPSA) is 77.0 Å². The molecule has 1 heterocycles. The molecule has 15 heavy (non-hydrogen) atoms. The third kappa shape index (κ3) is 3.71. The van der Waals surface area contributed by atoms with Gasteiger partial charge in [0.25, 0.3) is 0 Å². The van der Waals surface area contributed by atoms with Crippen LogP contribution in [0.4, 0.5) is 0 Å². The standard InChI is InChI=1S/C9H18N4OS/c1-2-8-11-12-9(13(8)10)15-7-5-3-4-6-14/h14H,2-7,10H2,1H3. The van der Waals surface area contributed by atoms with Gasteiger partial charge in [0.05, 0.1) is 0 Å². The zero-order valence-corrected chi connectivity index (χ0v) is 9.83. The van der Waals surface area contributed by atoms with Gasteiger partial charge >= 0.3 is 0 Å². The van der Waals surface area contributed by atoms with E-state index in [0.717, 1.165) is 42.4 Å². The van der Waals surface area contributed by atoms with E-state index in [0.29, 0.717) is 0 Å². The van der Waals surface area contributed by atoms with Gasteiger partial charge in [-0.25, -0.2) is 4.68 Å². The molecule has 0 bridgehead atoms. The van der Waals surface area contributed by atoms with E-state index in [2.05, 4.69) is 10.2 Å². The molecule has 0 unspecified atom stereocenters. The van der Waals surface area contributed by atoms with Gasteiger partial charge < -0.3 is 10.9 Å². The summed E-state index contributed by atoms with van der Waals surface area (Å²) in [6.45, 7) is 2.28. The van der Waals surface area contributed by atoms with Gasteiger partial charge in [-0.15, -0.1) is 10.2 Å². The third-order valence-corrected chi connectivity index (χ3v) is 3.11. The number of hydrogen-bond acceptors (Lipinski definition) is 5. The van der Waals surface area contributed by atoms with Gasteiger partial charge in [0.1, 0.15) is 0 Å². The average molecular weight is 230 g/mol. The SMILES string of the molecule is CCc1nnc(SCCCCCO)n1N. The molecule has 5 nitrogen and oxygen atoms in total. The number of aliphatic hydroxyl groups is 1. The smallest absolute Gasteiger partial charge is 0.209 e. The molecule has 1 aromatic rings. The van der Waals surface area contributed by atoms with E-state index in [-0.39, 0.29) is 6.61 Å². The number of rotatable bonds is 7. The molecule has 6 heteroatoms. The molecule has 0 aliphatic heterocycles.